The summed E-state index contributed by atoms with van der Waals surface area (Å²) in [6.07, 6.45) is 0. The summed E-state index contributed by atoms with van der Waals surface area (Å²) in [5, 5.41) is 9.15. The van der Waals surface area contributed by atoms with E-state index in [0.29, 0.717) is 18.1 Å². The second-order valence-electron chi connectivity index (χ2n) is 4.98. The van der Waals surface area contributed by atoms with Crippen molar-refractivity contribution in [2.75, 3.05) is 30.8 Å². The number of carbonyl (C=O) groups is 1. The van der Waals surface area contributed by atoms with Gasteiger partial charge in [0.05, 0.1) is 6.61 Å². The highest BCUT2D eigenvalue weighted by Crippen LogP contribution is 2.28. The van der Waals surface area contributed by atoms with Crippen molar-refractivity contribution in [2.24, 2.45) is 16.5 Å². The number of amides is 1. The van der Waals surface area contributed by atoms with E-state index in [1.54, 1.807) is 11.9 Å². The van der Waals surface area contributed by atoms with Gasteiger partial charge < -0.3 is 27.2 Å². The van der Waals surface area contributed by atoms with Crippen LogP contribution in [0.25, 0.3) is 11.3 Å². The molecule has 2 aromatic rings. The van der Waals surface area contributed by atoms with E-state index in [1.807, 2.05) is 30.3 Å². The van der Waals surface area contributed by atoms with Crippen molar-refractivity contribution in [3.05, 3.63) is 36.0 Å². The molecule has 1 amide bonds. The van der Waals surface area contributed by atoms with Gasteiger partial charge in [0, 0.05) is 19.2 Å². The zero-order valence-corrected chi connectivity index (χ0v) is 13.2. The third kappa shape index (κ3) is 3.76. The van der Waals surface area contributed by atoms with Crippen LogP contribution >= 0.6 is 0 Å². The number of hydrogen-bond acceptors (Lipinski definition) is 6. The van der Waals surface area contributed by atoms with E-state index < -0.39 is 5.91 Å². The van der Waals surface area contributed by atoms with E-state index in [9.17, 15) is 4.79 Å². The summed E-state index contributed by atoms with van der Waals surface area (Å²) in [6.45, 7) is 0.260. The first-order valence-corrected chi connectivity index (χ1v) is 7.13. The fourth-order valence-corrected chi connectivity index (χ4v) is 2.08. The number of aliphatic hydroxyl groups excluding tert-OH is 1. The highest BCUT2D eigenvalue weighted by molar-refractivity contribution is 6.03. The topological polar surface area (TPSA) is 157 Å². The van der Waals surface area contributed by atoms with Crippen molar-refractivity contribution >= 4 is 23.5 Å². The fourth-order valence-electron chi connectivity index (χ4n) is 2.08. The predicted molar refractivity (Wildman–Crippen MR) is 92.4 cm³/mol. The average molecular weight is 329 g/mol. The van der Waals surface area contributed by atoms with Crippen LogP contribution in [0.5, 0.6) is 0 Å². The first-order chi connectivity index (χ1) is 11.4. The van der Waals surface area contributed by atoms with Crippen molar-refractivity contribution in [1.29, 1.82) is 0 Å². The minimum atomic E-state index is -0.770. The molecule has 0 radical (unpaired) electrons. The first-order valence-electron chi connectivity index (χ1n) is 7.13. The molecule has 126 valence electrons. The molecule has 1 aromatic carbocycles. The van der Waals surface area contributed by atoms with Crippen molar-refractivity contribution in [3.8, 4) is 11.3 Å². The standard InChI is InChI=1S/C15H19N7O2/c1-22(7-8-23)13-10(9-5-3-2-4-6-9)19-11(12(16)20-13)14(24)21-15(17)18/h2-6,23H,7-8H2,1H3,(H2,16,20)(H4,17,18,21,24). The van der Waals surface area contributed by atoms with Crippen LogP contribution in [0.3, 0.4) is 0 Å². The molecule has 1 heterocycles. The summed E-state index contributed by atoms with van der Waals surface area (Å²) in [5.41, 5.74) is 17.3. The van der Waals surface area contributed by atoms with Crippen molar-refractivity contribution in [3.63, 3.8) is 0 Å². The maximum absolute atomic E-state index is 12.1. The van der Waals surface area contributed by atoms with E-state index in [0.717, 1.165) is 5.56 Å². The van der Waals surface area contributed by atoms with Gasteiger partial charge in [0.25, 0.3) is 0 Å². The maximum Gasteiger partial charge on any atom is 0.302 e. The first kappa shape index (κ1) is 17.2. The number of likely N-dealkylation sites (N-methyl/N-ethyl adjacent to an activating group) is 1. The van der Waals surface area contributed by atoms with Gasteiger partial charge in [-0.3, -0.25) is 4.79 Å². The molecule has 0 fully saturated rings. The third-order valence-electron chi connectivity index (χ3n) is 3.18. The number of anilines is 2. The Labute approximate surface area is 138 Å². The summed E-state index contributed by atoms with van der Waals surface area (Å²) < 4.78 is 0. The summed E-state index contributed by atoms with van der Waals surface area (Å²) in [5.74, 6) is -0.809. The lowest BCUT2D eigenvalue weighted by molar-refractivity contribution is 0.0998. The number of guanidine groups is 1. The SMILES string of the molecule is CN(CCO)c1nc(N)c(C(=O)N=C(N)N)nc1-c1ccccc1. The zero-order chi connectivity index (χ0) is 17.7. The Kier molecular flexibility index (Phi) is 5.27. The molecule has 2 rings (SSSR count). The van der Waals surface area contributed by atoms with Crippen molar-refractivity contribution in [1.82, 2.24) is 9.97 Å². The Morgan fingerprint density at radius 1 is 1.25 bits per heavy atom. The van der Waals surface area contributed by atoms with Crippen LogP contribution in [0, 0.1) is 0 Å². The van der Waals surface area contributed by atoms with Crippen LogP contribution in [0.1, 0.15) is 10.5 Å². The van der Waals surface area contributed by atoms with Gasteiger partial charge in [-0.2, -0.15) is 4.99 Å². The van der Waals surface area contributed by atoms with Gasteiger partial charge >= 0.3 is 5.91 Å². The number of nitrogens with two attached hydrogens (primary N) is 3. The van der Waals surface area contributed by atoms with Crippen molar-refractivity contribution in [2.45, 2.75) is 0 Å². The maximum atomic E-state index is 12.1. The third-order valence-corrected chi connectivity index (χ3v) is 3.18. The largest absolute Gasteiger partial charge is 0.395 e. The van der Waals surface area contributed by atoms with Gasteiger partial charge in [-0.1, -0.05) is 30.3 Å². The number of aliphatic imine (C=N–C) groups is 1. The number of nitrogens with zero attached hydrogens (tertiary/aromatic N) is 4. The smallest absolute Gasteiger partial charge is 0.302 e. The van der Waals surface area contributed by atoms with E-state index in [2.05, 4.69) is 15.0 Å². The van der Waals surface area contributed by atoms with E-state index in [-0.39, 0.29) is 24.1 Å². The zero-order valence-electron chi connectivity index (χ0n) is 13.2. The molecule has 0 atom stereocenters. The number of rotatable bonds is 5. The lowest BCUT2D eigenvalue weighted by atomic mass is 10.1. The van der Waals surface area contributed by atoms with Gasteiger partial charge in [0.2, 0.25) is 0 Å². The molecule has 1 aromatic heterocycles. The second kappa shape index (κ2) is 7.38. The van der Waals surface area contributed by atoms with Crippen LogP contribution in [-0.2, 0) is 0 Å². The quantitative estimate of drug-likeness (QED) is 0.425. The van der Waals surface area contributed by atoms with Gasteiger partial charge in [0.1, 0.15) is 5.69 Å². The molecule has 0 aliphatic carbocycles. The summed E-state index contributed by atoms with van der Waals surface area (Å²) in [6, 6.07) is 9.18. The predicted octanol–water partition coefficient (Wildman–Crippen LogP) is -0.432. The molecular formula is C15H19N7O2. The Balaban J connectivity index is 2.63. The molecule has 0 spiro atoms. The summed E-state index contributed by atoms with van der Waals surface area (Å²) in [4.78, 5) is 25.8. The summed E-state index contributed by atoms with van der Waals surface area (Å²) in [7, 11) is 1.74. The number of carbonyl (C=O) groups excluding carboxylic acids is 1. The Morgan fingerprint density at radius 2 is 1.92 bits per heavy atom. The Hall–Kier alpha value is -3.20. The molecule has 0 bridgehead atoms. The lowest BCUT2D eigenvalue weighted by Gasteiger charge is -2.20. The molecule has 0 aliphatic heterocycles. The van der Waals surface area contributed by atoms with Crippen LogP contribution in [0.15, 0.2) is 35.3 Å². The number of hydrogen-bond donors (Lipinski definition) is 4. The highest BCUT2D eigenvalue weighted by Gasteiger charge is 2.20. The van der Waals surface area contributed by atoms with Gasteiger partial charge in [0.15, 0.2) is 23.3 Å². The molecule has 0 saturated heterocycles. The summed E-state index contributed by atoms with van der Waals surface area (Å²) >= 11 is 0. The van der Waals surface area contributed by atoms with Crippen molar-refractivity contribution < 1.29 is 9.90 Å². The molecular weight excluding hydrogens is 310 g/mol. The monoisotopic (exact) mass is 329 g/mol. The average Bonchev–Trinajstić information content (AvgIpc) is 2.54. The molecule has 9 nitrogen and oxygen atoms in total. The van der Waals surface area contributed by atoms with Crippen LogP contribution in [0.4, 0.5) is 11.6 Å². The minimum Gasteiger partial charge on any atom is -0.395 e. The highest BCUT2D eigenvalue weighted by atomic mass is 16.3. The Bertz CT molecular complexity index is 758. The molecule has 0 aliphatic rings. The molecule has 0 unspecified atom stereocenters. The van der Waals surface area contributed by atoms with Gasteiger partial charge in [-0.25, -0.2) is 9.97 Å². The van der Waals surface area contributed by atoms with Gasteiger partial charge in [-0.05, 0) is 0 Å². The molecule has 0 saturated carbocycles. The Morgan fingerprint density at radius 3 is 2.50 bits per heavy atom. The molecule has 9 heteroatoms. The van der Waals surface area contributed by atoms with E-state index in [4.69, 9.17) is 22.3 Å². The minimum absolute atomic E-state index is 0.0685. The normalized spacial score (nSPS) is 10.2. The molecule has 24 heavy (non-hydrogen) atoms. The van der Waals surface area contributed by atoms with Crippen LogP contribution in [0.2, 0.25) is 0 Å². The van der Waals surface area contributed by atoms with E-state index in [1.165, 1.54) is 0 Å². The number of benzene rings is 1. The molecule has 7 N–H and O–H groups in total. The lowest BCUT2D eigenvalue weighted by Crippen LogP contribution is -2.26. The number of aromatic nitrogens is 2. The fraction of sp³-hybridized carbons (Fsp3) is 0.200. The van der Waals surface area contributed by atoms with E-state index >= 15 is 0 Å². The number of nitrogen functional groups attached to an aromatic ring is 1. The second-order valence-corrected chi connectivity index (χ2v) is 4.98. The number of aliphatic hydroxyl groups is 1. The van der Waals surface area contributed by atoms with Crippen LogP contribution < -0.4 is 22.1 Å². The van der Waals surface area contributed by atoms with Crippen LogP contribution in [-0.4, -0.2) is 47.1 Å². The van der Waals surface area contributed by atoms with Gasteiger partial charge in [-0.15, -0.1) is 0 Å².